The molecule has 2 aliphatic rings. The second kappa shape index (κ2) is 11.8. The highest BCUT2D eigenvalue weighted by Gasteiger charge is 2.36. The zero-order valence-corrected chi connectivity index (χ0v) is 33.0. The second-order valence-electron chi connectivity index (χ2n) is 17.2. The Morgan fingerprint density at radius 2 is 0.862 bits per heavy atom. The van der Waals surface area contributed by atoms with Crippen molar-refractivity contribution in [2.75, 3.05) is 0 Å². The summed E-state index contributed by atoms with van der Waals surface area (Å²) < 4.78 is 8.54. The Morgan fingerprint density at radius 1 is 0.414 bits per heavy atom. The molecule has 12 rings (SSSR count). The summed E-state index contributed by atoms with van der Waals surface area (Å²) in [5, 5.41) is 2.46. The Morgan fingerprint density at radius 3 is 1.41 bits per heavy atom. The molecule has 8 aromatic carbocycles. The third-order valence-electron chi connectivity index (χ3n) is 13.3. The predicted octanol–water partition coefficient (Wildman–Crippen LogP) is 14.5. The molecule has 2 aliphatic carbocycles. The van der Waals surface area contributed by atoms with Crippen LogP contribution in [0.3, 0.4) is 0 Å². The van der Waals surface area contributed by atoms with Gasteiger partial charge in [-0.1, -0.05) is 125 Å². The average molecular weight is 745 g/mol. The number of hydrogen-bond acceptors (Lipinski definition) is 2. The monoisotopic (exact) mass is 744 g/mol. The van der Waals surface area contributed by atoms with E-state index in [1.807, 2.05) is 24.3 Å². The molecule has 0 radical (unpaired) electrons. The highest BCUT2D eigenvalue weighted by molar-refractivity contribution is 6.12. The van der Waals surface area contributed by atoms with Gasteiger partial charge in [-0.25, -0.2) is 4.98 Å². The third-order valence-corrected chi connectivity index (χ3v) is 13.3. The first kappa shape index (κ1) is 33.2. The summed E-state index contributed by atoms with van der Waals surface area (Å²) in [5.74, 6) is 0.630. The molecule has 276 valence electrons. The molecule has 10 aromatic rings. The van der Waals surface area contributed by atoms with Crippen molar-refractivity contribution >= 4 is 32.9 Å². The fraction of sp³-hybridized carbons (Fsp3) is 0.109. The summed E-state index contributed by atoms with van der Waals surface area (Å²) in [6, 6.07) is 62.4. The van der Waals surface area contributed by atoms with Crippen LogP contribution in [-0.4, -0.2) is 9.55 Å². The smallest absolute Gasteiger partial charge is 0.227 e. The van der Waals surface area contributed by atoms with Crippen molar-refractivity contribution in [1.29, 1.82) is 0 Å². The molecule has 0 bridgehead atoms. The van der Waals surface area contributed by atoms with Gasteiger partial charge < -0.3 is 8.98 Å². The first-order valence-electron chi connectivity index (χ1n) is 20.3. The quantitative estimate of drug-likeness (QED) is 0.180. The fourth-order valence-electron chi connectivity index (χ4n) is 10.2. The molecule has 0 amide bonds. The number of fused-ring (bicyclic) bond motifs is 10. The predicted molar refractivity (Wildman–Crippen MR) is 240 cm³/mol. The highest BCUT2D eigenvalue weighted by atomic mass is 16.3. The van der Waals surface area contributed by atoms with Crippen LogP contribution in [0.2, 0.25) is 0 Å². The van der Waals surface area contributed by atoms with Crippen LogP contribution in [0.25, 0.3) is 94.6 Å². The van der Waals surface area contributed by atoms with Crippen molar-refractivity contribution < 1.29 is 4.42 Å². The van der Waals surface area contributed by atoms with Crippen molar-refractivity contribution in [3.8, 4) is 61.6 Å². The van der Waals surface area contributed by atoms with Gasteiger partial charge in [0.2, 0.25) is 5.89 Å². The molecular weight excluding hydrogens is 705 g/mol. The molecule has 0 spiro atoms. The number of hydrogen-bond donors (Lipinski definition) is 0. The van der Waals surface area contributed by atoms with Crippen molar-refractivity contribution in [1.82, 2.24) is 9.55 Å². The largest absolute Gasteiger partial charge is 0.436 e. The zero-order valence-electron chi connectivity index (χ0n) is 33.0. The molecule has 0 saturated heterocycles. The van der Waals surface area contributed by atoms with E-state index in [1.165, 1.54) is 88.6 Å². The molecule has 0 atom stereocenters. The van der Waals surface area contributed by atoms with Gasteiger partial charge in [-0.05, 0) is 140 Å². The minimum absolute atomic E-state index is 0.0627. The first-order chi connectivity index (χ1) is 28.2. The summed E-state index contributed by atoms with van der Waals surface area (Å²) in [7, 11) is 0. The van der Waals surface area contributed by atoms with E-state index in [9.17, 15) is 0 Å². The van der Waals surface area contributed by atoms with Gasteiger partial charge in [0.1, 0.15) is 5.52 Å². The van der Waals surface area contributed by atoms with Gasteiger partial charge in [0.15, 0.2) is 5.58 Å². The van der Waals surface area contributed by atoms with Crippen LogP contribution >= 0.6 is 0 Å². The number of nitrogens with zero attached hydrogens (tertiary/aromatic N) is 2. The number of benzene rings is 8. The van der Waals surface area contributed by atoms with Crippen LogP contribution in [0, 0.1) is 0 Å². The Kier molecular flexibility index (Phi) is 6.74. The van der Waals surface area contributed by atoms with Gasteiger partial charge in [0, 0.05) is 32.9 Å². The standard InChI is InChI=1S/C55H40N2O/c1-54(2)45-13-7-5-11-39(45)41-25-19-36(31-47(41)54)34-21-27-50-43(29-34)44-30-35(37-20-26-42-40-12-6-8-14-46(40)55(3,4)48(42)32-37)22-28-51(44)57(50)38-23-17-33(18-24-38)53-56-49-15-9-10-16-52(49)58-53/h5-32H,1-4H3. The SMILES string of the molecule is CC1(C)c2ccccc2-c2ccc(-c3ccc4c(c3)c3cc(-c5ccc6c(c5)C(C)(C)c5ccccc5-6)ccc3n4-c3ccc(-c4nc5ccccc5o4)cc3)cc21. The minimum Gasteiger partial charge on any atom is -0.436 e. The van der Waals surface area contributed by atoms with E-state index >= 15 is 0 Å². The van der Waals surface area contributed by atoms with Crippen LogP contribution in [-0.2, 0) is 10.8 Å². The van der Waals surface area contributed by atoms with Gasteiger partial charge in [-0.3, -0.25) is 0 Å². The van der Waals surface area contributed by atoms with Crippen molar-refractivity contribution in [2.45, 2.75) is 38.5 Å². The van der Waals surface area contributed by atoms with E-state index in [0.29, 0.717) is 5.89 Å². The van der Waals surface area contributed by atoms with E-state index in [2.05, 4.69) is 178 Å². The fourth-order valence-corrected chi connectivity index (χ4v) is 10.2. The molecular formula is C55H40N2O. The molecule has 2 heterocycles. The number of aromatic nitrogens is 2. The topological polar surface area (TPSA) is 31.0 Å². The molecule has 3 heteroatoms. The molecule has 0 aliphatic heterocycles. The van der Waals surface area contributed by atoms with Crippen LogP contribution < -0.4 is 0 Å². The average Bonchev–Trinajstić information content (AvgIpc) is 3.96. The Balaban J connectivity index is 1.02. The number of oxazole rings is 1. The molecule has 0 unspecified atom stereocenters. The molecule has 0 N–H and O–H groups in total. The summed E-state index contributed by atoms with van der Waals surface area (Å²) in [5.41, 5.74) is 21.8. The van der Waals surface area contributed by atoms with Crippen LogP contribution in [0.5, 0.6) is 0 Å². The van der Waals surface area contributed by atoms with Crippen molar-refractivity contribution in [3.63, 3.8) is 0 Å². The lowest BCUT2D eigenvalue weighted by Crippen LogP contribution is -2.14. The highest BCUT2D eigenvalue weighted by Crippen LogP contribution is 2.51. The van der Waals surface area contributed by atoms with E-state index in [-0.39, 0.29) is 10.8 Å². The second-order valence-corrected chi connectivity index (χ2v) is 17.2. The molecule has 0 saturated carbocycles. The lowest BCUT2D eigenvalue weighted by molar-refractivity contribution is 0.620. The minimum atomic E-state index is -0.0627. The zero-order chi connectivity index (χ0) is 38.9. The maximum absolute atomic E-state index is 6.14. The van der Waals surface area contributed by atoms with E-state index in [1.54, 1.807) is 0 Å². The molecule has 2 aromatic heterocycles. The Bertz CT molecular complexity index is 3140. The summed E-state index contributed by atoms with van der Waals surface area (Å²) in [4.78, 5) is 4.76. The first-order valence-corrected chi connectivity index (χ1v) is 20.3. The summed E-state index contributed by atoms with van der Waals surface area (Å²) >= 11 is 0. The number of rotatable bonds is 4. The van der Waals surface area contributed by atoms with Gasteiger partial charge in [0.05, 0.1) is 11.0 Å². The molecule has 0 fully saturated rings. The van der Waals surface area contributed by atoms with Crippen molar-refractivity contribution in [3.05, 3.63) is 192 Å². The van der Waals surface area contributed by atoms with Gasteiger partial charge in [0.25, 0.3) is 0 Å². The maximum atomic E-state index is 6.14. The lowest BCUT2D eigenvalue weighted by atomic mass is 9.81. The van der Waals surface area contributed by atoms with Gasteiger partial charge in [-0.15, -0.1) is 0 Å². The van der Waals surface area contributed by atoms with E-state index in [0.717, 1.165) is 22.4 Å². The van der Waals surface area contributed by atoms with E-state index < -0.39 is 0 Å². The van der Waals surface area contributed by atoms with Crippen molar-refractivity contribution in [2.24, 2.45) is 0 Å². The Hall–Kier alpha value is -6.97. The summed E-state index contributed by atoms with van der Waals surface area (Å²) in [6.07, 6.45) is 0. The van der Waals surface area contributed by atoms with Crippen LogP contribution in [0.15, 0.2) is 174 Å². The third kappa shape index (κ3) is 4.65. The van der Waals surface area contributed by atoms with E-state index in [4.69, 9.17) is 9.40 Å². The normalized spacial score (nSPS) is 14.5. The van der Waals surface area contributed by atoms with Crippen LogP contribution in [0.1, 0.15) is 49.9 Å². The lowest BCUT2D eigenvalue weighted by Gasteiger charge is -2.22. The maximum Gasteiger partial charge on any atom is 0.227 e. The van der Waals surface area contributed by atoms with Gasteiger partial charge >= 0.3 is 0 Å². The Labute approximate surface area is 337 Å². The molecule has 58 heavy (non-hydrogen) atoms. The molecule has 3 nitrogen and oxygen atoms in total. The van der Waals surface area contributed by atoms with Crippen LogP contribution in [0.4, 0.5) is 0 Å². The summed E-state index contributed by atoms with van der Waals surface area (Å²) in [6.45, 7) is 9.42. The van der Waals surface area contributed by atoms with Gasteiger partial charge in [-0.2, -0.15) is 0 Å². The number of para-hydroxylation sites is 2.